The van der Waals surface area contributed by atoms with Crippen LogP contribution in [-0.2, 0) is 0 Å². The molecule has 168 valence electrons. The van der Waals surface area contributed by atoms with Crippen molar-refractivity contribution < 1.29 is 13.2 Å². The Kier molecular flexibility index (Phi) is 9.37. The van der Waals surface area contributed by atoms with E-state index in [4.69, 9.17) is 5.73 Å². The van der Waals surface area contributed by atoms with E-state index in [2.05, 4.69) is 47.5 Å². The first-order chi connectivity index (χ1) is 14.2. The molecule has 1 aliphatic rings. The number of halogens is 3. The molecule has 1 aromatic rings. The van der Waals surface area contributed by atoms with Gasteiger partial charge < -0.3 is 16.0 Å². The molecule has 0 aromatic carbocycles. The fourth-order valence-electron chi connectivity index (χ4n) is 4.09. The largest absolute Gasteiger partial charge is 0.403 e. The molecule has 0 saturated carbocycles. The van der Waals surface area contributed by atoms with Crippen molar-refractivity contribution in [2.75, 3.05) is 20.6 Å². The Balaban J connectivity index is 1.97. The first-order valence-electron chi connectivity index (χ1n) is 10.7. The number of nitrogens with one attached hydrogen (secondary N) is 1. The summed E-state index contributed by atoms with van der Waals surface area (Å²) in [5, 5.41) is 2.39. The zero-order valence-electron chi connectivity index (χ0n) is 18.2. The average Bonchev–Trinajstić information content (AvgIpc) is 2.69. The highest BCUT2D eigenvalue weighted by molar-refractivity contribution is 5.22. The standard InChI is InChI=1S/C23H35F3N4/c1-17(14-18-6-5-13-30(3)16-18)8-10-21(27)20(19-7-4-12-29-15-19)9-11-22(28-2)23(24,25)26/h4-7,12,15-17,20-22,28H,8-11,13-14,27H2,1-3H3. The Morgan fingerprint density at radius 1 is 1.23 bits per heavy atom. The van der Waals surface area contributed by atoms with Crippen LogP contribution in [0.3, 0.4) is 0 Å². The second kappa shape index (κ2) is 11.5. The Bertz CT molecular complexity index is 687. The lowest BCUT2D eigenvalue weighted by Gasteiger charge is -2.28. The lowest BCUT2D eigenvalue weighted by molar-refractivity contribution is -0.156. The van der Waals surface area contributed by atoms with Crippen molar-refractivity contribution in [3.8, 4) is 0 Å². The minimum absolute atomic E-state index is 0.00711. The van der Waals surface area contributed by atoms with E-state index in [0.29, 0.717) is 12.3 Å². The van der Waals surface area contributed by atoms with Crippen molar-refractivity contribution in [1.82, 2.24) is 15.2 Å². The zero-order valence-corrected chi connectivity index (χ0v) is 18.2. The lowest BCUT2D eigenvalue weighted by Crippen LogP contribution is -2.41. The number of aromatic nitrogens is 1. The van der Waals surface area contributed by atoms with Gasteiger partial charge in [-0.3, -0.25) is 4.98 Å². The third-order valence-electron chi connectivity index (χ3n) is 5.83. The van der Waals surface area contributed by atoms with Crippen molar-refractivity contribution in [2.24, 2.45) is 11.7 Å². The van der Waals surface area contributed by atoms with E-state index < -0.39 is 12.2 Å². The Labute approximate surface area is 178 Å². The number of rotatable bonds is 11. The van der Waals surface area contributed by atoms with Crippen LogP contribution in [0.2, 0.25) is 0 Å². The van der Waals surface area contributed by atoms with Crippen LogP contribution in [-0.4, -0.2) is 48.8 Å². The van der Waals surface area contributed by atoms with Crippen molar-refractivity contribution >= 4 is 0 Å². The van der Waals surface area contributed by atoms with E-state index >= 15 is 0 Å². The van der Waals surface area contributed by atoms with Gasteiger partial charge in [0.25, 0.3) is 0 Å². The van der Waals surface area contributed by atoms with Crippen LogP contribution < -0.4 is 11.1 Å². The summed E-state index contributed by atoms with van der Waals surface area (Å²) >= 11 is 0. The van der Waals surface area contributed by atoms with Crippen LogP contribution in [0.5, 0.6) is 0 Å². The number of likely N-dealkylation sites (N-methyl/N-ethyl adjacent to an activating group) is 1. The Morgan fingerprint density at radius 2 is 2.00 bits per heavy atom. The van der Waals surface area contributed by atoms with E-state index in [-0.39, 0.29) is 18.4 Å². The summed E-state index contributed by atoms with van der Waals surface area (Å²) in [6.07, 6.45) is 8.66. The number of hydrogen-bond acceptors (Lipinski definition) is 4. The number of hydrogen-bond donors (Lipinski definition) is 2. The van der Waals surface area contributed by atoms with Crippen LogP contribution >= 0.6 is 0 Å². The summed E-state index contributed by atoms with van der Waals surface area (Å²) in [5.41, 5.74) is 8.74. The predicted molar refractivity (Wildman–Crippen MR) is 116 cm³/mol. The maximum Gasteiger partial charge on any atom is 0.403 e. The van der Waals surface area contributed by atoms with Gasteiger partial charge in [0.05, 0.1) is 0 Å². The lowest BCUT2D eigenvalue weighted by atomic mass is 9.83. The molecule has 4 unspecified atom stereocenters. The first kappa shape index (κ1) is 24.4. The van der Waals surface area contributed by atoms with Crippen molar-refractivity contribution in [3.63, 3.8) is 0 Å². The minimum atomic E-state index is -4.26. The van der Waals surface area contributed by atoms with Gasteiger partial charge in [0.1, 0.15) is 6.04 Å². The molecule has 2 rings (SSSR count). The minimum Gasteiger partial charge on any atom is -0.376 e. The van der Waals surface area contributed by atoms with Crippen LogP contribution in [0.25, 0.3) is 0 Å². The summed E-state index contributed by atoms with van der Waals surface area (Å²) in [7, 11) is 3.41. The molecule has 0 radical (unpaired) electrons. The van der Waals surface area contributed by atoms with E-state index in [1.165, 1.54) is 12.6 Å². The second-order valence-electron chi connectivity index (χ2n) is 8.45. The highest BCUT2D eigenvalue weighted by Gasteiger charge is 2.38. The fraction of sp³-hybridized carbons (Fsp3) is 0.609. The summed E-state index contributed by atoms with van der Waals surface area (Å²) in [4.78, 5) is 6.31. The molecule has 4 atom stereocenters. The number of allylic oxidation sites excluding steroid dienone is 2. The predicted octanol–water partition coefficient (Wildman–Crippen LogP) is 4.61. The molecular formula is C23H35F3N4. The summed E-state index contributed by atoms with van der Waals surface area (Å²) in [6, 6.07) is 2.00. The van der Waals surface area contributed by atoms with Crippen molar-refractivity contribution in [1.29, 1.82) is 0 Å². The summed E-state index contributed by atoms with van der Waals surface area (Å²) < 4.78 is 39.5. The number of pyridine rings is 1. The zero-order chi connectivity index (χ0) is 22.1. The molecule has 4 nitrogen and oxygen atoms in total. The van der Waals surface area contributed by atoms with Crippen molar-refractivity contribution in [2.45, 2.75) is 63.2 Å². The fourth-order valence-corrected chi connectivity index (χ4v) is 4.09. The quantitative estimate of drug-likeness (QED) is 0.545. The Morgan fingerprint density at radius 3 is 2.60 bits per heavy atom. The van der Waals surface area contributed by atoms with Gasteiger partial charge in [-0.2, -0.15) is 13.2 Å². The number of alkyl halides is 3. The summed E-state index contributed by atoms with van der Waals surface area (Å²) in [6.45, 7) is 3.14. The normalized spacial score (nSPS) is 18.6. The van der Waals surface area contributed by atoms with Gasteiger partial charge in [-0.25, -0.2) is 0 Å². The van der Waals surface area contributed by atoms with Gasteiger partial charge in [0.15, 0.2) is 0 Å². The molecule has 0 spiro atoms. The molecule has 0 fully saturated rings. The molecule has 3 N–H and O–H groups in total. The molecule has 0 aliphatic carbocycles. The first-order valence-corrected chi connectivity index (χ1v) is 10.7. The molecule has 7 heteroatoms. The van der Waals surface area contributed by atoms with Crippen LogP contribution in [0, 0.1) is 5.92 Å². The van der Waals surface area contributed by atoms with Crippen LogP contribution in [0.4, 0.5) is 13.2 Å². The molecule has 30 heavy (non-hydrogen) atoms. The second-order valence-corrected chi connectivity index (χ2v) is 8.45. The van der Waals surface area contributed by atoms with E-state index in [9.17, 15) is 13.2 Å². The molecular weight excluding hydrogens is 389 g/mol. The van der Waals surface area contributed by atoms with Gasteiger partial charge in [0.2, 0.25) is 0 Å². The van der Waals surface area contributed by atoms with Gasteiger partial charge in [0, 0.05) is 44.1 Å². The summed E-state index contributed by atoms with van der Waals surface area (Å²) in [5.74, 6) is 0.303. The smallest absolute Gasteiger partial charge is 0.376 e. The molecule has 1 aromatic heterocycles. The van der Waals surface area contributed by atoms with E-state index in [1.807, 2.05) is 12.1 Å². The monoisotopic (exact) mass is 424 g/mol. The Hall–Kier alpha value is -1.86. The molecule has 2 heterocycles. The van der Waals surface area contributed by atoms with E-state index in [1.54, 1.807) is 12.4 Å². The highest BCUT2D eigenvalue weighted by atomic mass is 19.4. The van der Waals surface area contributed by atoms with Crippen LogP contribution in [0.15, 0.2) is 48.5 Å². The molecule has 0 bridgehead atoms. The average molecular weight is 425 g/mol. The third kappa shape index (κ3) is 7.76. The third-order valence-corrected chi connectivity index (χ3v) is 5.83. The molecule has 1 aliphatic heterocycles. The van der Waals surface area contributed by atoms with Gasteiger partial charge >= 0.3 is 6.18 Å². The van der Waals surface area contributed by atoms with E-state index in [0.717, 1.165) is 31.4 Å². The number of nitrogens with zero attached hydrogens (tertiary/aromatic N) is 2. The van der Waals surface area contributed by atoms with Gasteiger partial charge in [-0.1, -0.05) is 25.1 Å². The van der Waals surface area contributed by atoms with Crippen LogP contribution in [0.1, 0.15) is 50.5 Å². The maximum absolute atomic E-state index is 13.2. The molecule has 0 saturated heterocycles. The van der Waals surface area contributed by atoms with Gasteiger partial charge in [-0.15, -0.1) is 0 Å². The molecule has 0 amide bonds. The SMILES string of the molecule is CNC(CCC(c1cccnc1)C(N)CCC(C)CC1=CN(C)CC=C1)C(F)(F)F. The topological polar surface area (TPSA) is 54.2 Å². The highest BCUT2D eigenvalue weighted by Crippen LogP contribution is 2.31. The maximum atomic E-state index is 13.2. The number of nitrogens with two attached hydrogens (primary N) is 1. The van der Waals surface area contributed by atoms with Gasteiger partial charge in [-0.05, 0) is 62.3 Å². The van der Waals surface area contributed by atoms with Crippen molar-refractivity contribution in [3.05, 3.63) is 54.0 Å².